The van der Waals surface area contributed by atoms with Crippen LogP contribution in [-0.4, -0.2) is 9.97 Å². The minimum absolute atomic E-state index is 0.608. The largest absolute Gasteiger partial charge is 0.324 e. The van der Waals surface area contributed by atoms with Crippen LogP contribution in [0.15, 0.2) is 41.1 Å². The maximum Gasteiger partial charge on any atom is 0.227 e. The van der Waals surface area contributed by atoms with Crippen LogP contribution < -0.4 is 5.32 Å². The number of hydrogen-bond acceptors (Lipinski definition) is 3. The zero-order valence-electron chi connectivity index (χ0n) is 8.94. The van der Waals surface area contributed by atoms with Crippen molar-refractivity contribution in [1.82, 2.24) is 9.97 Å². The summed E-state index contributed by atoms with van der Waals surface area (Å²) in [4.78, 5) is 8.32. The van der Waals surface area contributed by atoms with Gasteiger partial charge in [0.1, 0.15) is 0 Å². The highest BCUT2D eigenvalue weighted by Crippen LogP contribution is 2.15. The summed E-state index contributed by atoms with van der Waals surface area (Å²) < 4.78 is 0.875. The van der Waals surface area contributed by atoms with Gasteiger partial charge in [-0.05, 0) is 40.0 Å². The number of aryl methyl sites for hydroxylation is 1. The van der Waals surface area contributed by atoms with Crippen LogP contribution in [0.3, 0.4) is 0 Å². The fraction of sp³-hybridized carbons (Fsp3) is 0.167. The van der Waals surface area contributed by atoms with Gasteiger partial charge in [0, 0.05) is 18.1 Å². The molecule has 2 aromatic rings. The van der Waals surface area contributed by atoms with Crippen LogP contribution in [0.4, 0.5) is 11.6 Å². The van der Waals surface area contributed by atoms with Crippen LogP contribution in [0, 0.1) is 0 Å². The lowest BCUT2D eigenvalue weighted by molar-refractivity contribution is 1.13. The quantitative estimate of drug-likeness (QED) is 0.933. The van der Waals surface area contributed by atoms with Crippen molar-refractivity contribution in [2.75, 3.05) is 5.32 Å². The Hall–Kier alpha value is -1.42. The normalized spacial score (nSPS) is 10.1. The van der Waals surface area contributed by atoms with Crippen LogP contribution >= 0.6 is 15.9 Å². The van der Waals surface area contributed by atoms with Gasteiger partial charge in [-0.3, -0.25) is 0 Å². The average Bonchev–Trinajstić information content (AvgIpc) is 2.32. The van der Waals surface area contributed by atoms with Gasteiger partial charge in [0.05, 0.1) is 4.47 Å². The highest BCUT2D eigenvalue weighted by molar-refractivity contribution is 9.10. The van der Waals surface area contributed by atoms with Crippen molar-refractivity contribution in [1.29, 1.82) is 0 Å². The Labute approximate surface area is 103 Å². The van der Waals surface area contributed by atoms with Gasteiger partial charge in [-0.2, -0.15) is 0 Å². The van der Waals surface area contributed by atoms with Crippen molar-refractivity contribution in [3.8, 4) is 0 Å². The molecule has 0 aliphatic heterocycles. The van der Waals surface area contributed by atoms with E-state index in [4.69, 9.17) is 0 Å². The molecule has 1 aromatic heterocycles. The van der Waals surface area contributed by atoms with Crippen molar-refractivity contribution < 1.29 is 0 Å². The molecule has 0 radical (unpaired) electrons. The van der Waals surface area contributed by atoms with Crippen molar-refractivity contribution in [3.63, 3.8) is 0 Å². The molecule has 0 atom stereocenters. The predicted octanol–water partition coefficient (Wildman–Crippen LogP) is 3.55. The van der Waals surface area contributed by atoms with Gasteiger partial charge in [-0.1, -0.05) is 19.1 Å². The summed E-state index contributed by atoms with van der Waals surface area (Å²) in [6.45, 7) is 2.13. The molecule has 4 heteroatoms. The zero-order valence-corrected chi connectivity index (χ0v) is 10.5. The van der Waals surface area contributed by atoms with E-state index in [-0.39, 0.29) is 0 Å². The highest BCUT2D eigenvalue weighted by Gasteiger charge is 1.98. The second-order valence-corrected chi connectivity index (χ2v) is 4.32. The van der Waals surface area contributed by atoms with Gasteiger partial charge < -0.3 is 5.32 Å². The van der Waals surface area contributed by atoms with E-state index >= 15 is 0 Å². The Bertz CT molecular complexity index is 468. The number of nitrogens with one attached hydrogen (secondary N) is 1. The fourth-order valence-corrected chi connectivity index (χ4v) is 1.58. The summed E-state index contributed by atoms with van der Waals surface area (Å²) in [6.07, 6.45) is 4.47. The summed E-state index contributed by atoms with van der Waals surface area (Å²) in [7, 11) is 0. The minimum atomic E-state index is 0.608. The maximum atomic E-state index is 4.16. The summed E-state index contributed by atoms with van der Waals surface area (Å²) in [5, 5.41) is 3.16. The second kappa shape index (κ2) is 5.07. The molecule has 0 saturated heterocycles. The molecule has 0 aliphatic carbocycles. The molecule has 0 spiro atoms. The minimum Gasteiger partial charge on any atom is -0.324 e. The molecule has 82 valence electrons. The Balaban J connectivity index is 2.16. The Kier molecular flexibility index (Phi) is 3.51. The molecule has 2 rings (SSSR count). The summed E-state index contributed by atoms with van der Waals surface area (Å²) in [5.74, 6) is 0.608. The first kappa shape index (κ1) is 11.1. The van der Waals surface area contributed by atoms with E-state index in [1.807, 2.05) is 12.1 Å². The predicted molar refractivity (Wildman–Crippen MR) is 68.8 cm³/mol. The standard InChI is InChI=1S/C12H12BrN3/c1-2-9-4-3-5-11(6-9)16-12-14-7-10(13)8-15-12/h3-8H,2H2,1H3,(H,14,15,16). The number of aromatic nitrogens is 2. The third-order valence-corrected chi connectivity index (χ3v) is 2.62. The molecule has 0 bridgehead atoms. The van der Waals surface area contributed by atoms with Crippen molar-refractivity contribution >= 4 is 27.6 Å². The van der Waals surface area contributed by atoms with Crippen molar-refractivity contribution in [2.45, 2.75) is 13.3 Å². The zero-order chi connectivity index (χ0) is 11.4. The van der Waals surface area contributed by atoms with Crippen LogP contribution in [0.5, 0.6) is 0 Å². The Morgan fingerprint density at radius 2 is 2.00 bits per heavy atom. The van der Waals surface area contributed by atoms with E-state index in [2.05, 4.69) is 50.3 Å². The molecule has 0 aliphatic rings. The number of halogens is 1. The van der Waals surface area contributed by atoms with E-state index in [0.29, 0.717) is 5.95 Å². The van der Waals surface area contributed by atoms with Gasteiger partial charge in [0.25, 0.3) is 0 Å². The van der Waals surface area contributed by atoms with Crippen LogP contribution in [0.1, 0.15) is 12.5 Å². The molecule has 0 fully saturated rings. The van der Waals surface area contributed by atoms with E-state index in [1.165, 1.54) is 5.56 Å². The van der Waals surface area contributed by atoms with Crippen molar-refractivity contribution in [3.05, 3.63) is 46.7 Å². The third-order valence-electron chi connectivity index (χ3n) is 2.21. The first-order valence-electron chi connectivity index (χ1n) is 5.11. The van der Waals surface area contributed by atoms with Crippen LogP contribution in [0.25, 0.3) is 0 Å². The van der Waals surface area contributed by atoms with Crippen molar-refractivity contribution in [2.24, 2.45) is 0 Å². The first-order chi connectivity index (χ1) is 7.78. The monoisotopic (exact) mass is 277 g/mol. The lowest BCUT2D eigenvalue weighted by atomic mass is 10.1. The van der Waals surface area contributed by atoms with Gasteiger partial charge in [0.2, 0.25) is 5.95 Å². The maximum absolute atomic E-state index is 4.16. The van der Waals surface area contributed by atoms with E-state index in [0.717, 1.165) is 16.6 Å². The molecule has 1 aromatic carbocycles. The van der Waals surface area contributed by atoms with E-state index < -0.39 is 0 Å². The number of anilines is 2. The van der Waals surface area contributed by atoms with E-state index in [9.17, 15) is 0 Å². The van der Waals surface area contributed by atoms with Gasteiger partial charge in [0.15, 0.2) is 0 Å². The SMILES string of the molecule is CCc1cccc(Nc2ncc(Br)cn2)c1. The number of nitrogens with zero attached hydrogens (tertiary/aromatic N) is 2. The molecule has 16 heavy (non-hydrogen) atoms. The third kappa shape index (κ3) is 2.79. The first-order valence-corrected chi connectivity index (χ1v) is 5.90. The molecule has 0 amide bonds. The molecule has 1 N–H and O–H groups in total. The topological polar surface area (TPSA) is 37.8 Å². The van der Waals surface area contributed by atoms with Gasteiger partial charge in [-0.15, -0.1) is 0 Å². The molecule has 1 heterocycles. The Morgan fingerprint density at radius 1 is 1.25 bits per heavy atom. The molecular weight excluding hydrogens is 266 g/mol. The van der Waals surface area contributed by atoms with Crippen LogP contribution in [-0.2, 0) is 6.42 Å². The second-order valence-electron chi connectivity index (χ2n) is 3.40. The number of benzene rings is 1. The fourth-order valence-electron chi connectivity index (χ4n) is 1.37. The lowest BCUT2D eigenvalue weighted by Gasteiger charge is -2.05. The molecule has 3 nitrogen and oxygen atoms in total. The highest BCUT2D eigenvalue weighted by atomic mass is 79.9. The summed E-state index contributed by atoms with van der Waals surface area (Å²) >= 11 is 3.30. The average molecular weight is 278 g/mol. The summed E-state index contributed by atoms with van der Waals surface area (Å²) in [6, 6.07) is 8.24. The molecule has 0 saturated carbocycles. The number of hydrogen-bond donors (Lipinski definition) is 1. The number of rotatable bonds is 3. The summed E-state index contributed by atoms with van der Waals surface area (Å²) in [5.41, 5.74) is 2.31. The molecular formula is C12H12BrN3. The Morgan fingerprint density at radius 3 is 2.69 bits per heavy atom. The molecule has 0 unspecified atom stereocenters. The van der Waals surface area contributed by atoms with Gasteiger partial charge >= 0.3 is 0 Å². The van der Waals surface area contributed by atoms with Crippen LogP contribution in [0.2, 0.25) is 0 Å². The lowest BCUT2D eigenvalue weighted by Crippen LogP contribution is -1.96. The van der Waals surface area contributed by atoms with E-state index in [1.54, 1.807) is 12.4 Å². The van der Waals surface area contributed by atoms with Gasteiger partial charge in [-0.25, -0.2) is 9.97 Å². The smallest absolute Gasteiger partial charge is 0.227 e.